The summed E-state index contributed by atoms with van der Waals surface area (Å²) in [7, 11) is -3.80. The van der Waals surface area contributed by atoms with E-state index in [4.69, 9.17) is 4.74 Å². The van der Waals surface area contributed by atoms with Gasteiger partial charge in [-0.1, -0.05) is 17.7 Å². The van der Waals surface area contributed by atoms with E-state index >= 15 is 0 Å². The number of anilines is 1. The van der Waals surface area contributed by atoms with Crippen LogP contribution in [0, 0.1) is 26.7 Å². The second-order valence-electron chi connectivity index (χ2n) is 8.75. The van der Waals surface area contributed by atoms with Crippen LogP contribution in [0.3, 0.4) is 0 Å². The number of benzene rings is 2. The normalized spacial score (nSPS) is 15.1. The molecule has 2 aromatic carbocycles. The molecule has 7 heteroatoms. The van der Waals surface area contributed by atoms with Gasteiger partial charge in [-0.15, -0.1) is 0 Å². The third-order valence-corrected chi connectivity index (χ3v) is 8.22. The Morgan fingerprint density at radius 3 is 2.45 bits per heavy atom. The first-order valence-corrected chi connectivity index (χ1v) is 12.8. The molecule has 1 aromatic heterocycles. The minimum Gasteiger partial charge on any atom is -0.466 e. The molecule has 33 heavy (non-hydrogen) atoms. The molecule has 0 amide bonds. The molecule has 1 fully saturated rings. The molecule has 2 heterocycles. The molecular formula is C26H30N2O4S. The first kappa shape index (κ1) is 23.2. The maximum Gasteiger partial charge on any atom is 0.309 e. The number of fused-ring (bicyclic) bond motifs is 1. The topological polar surface area (TPSA) is 76.6 Å². The number of esters is 1. The summed E-state index contributed by atoms with van der Waals surface area (Å²) in [6.45, 7) is 9.19. The minimum atomic E-state index is -3.80. The predicted molar refractivity (Wildman–Crippen MR) is 129 cm³/mol. The van der Waals surface area contributed by atoms with Gasteiger partial charge in [-0.05, 0) is 75.9 Å². The number of aromatic nitrogens is 1. The van der Waals surface area contributed by atoms with Gasteiger partial charge in [0.1, 0.15) is 4.90 Å². The van der Waals surface area contributed by atoms with Crippen LogP contribution in [0.4, 0.5) is 5.69 Å². The van der Waals surface area contributed by atoms with Crippen LogP contribution >= 0.6 is 0 Å². The lowest BCUT2D eigenvalue weighted by Crippen LogP contribution is -2.37. The zero-order valence-corrected chi connectivity index (χ0v) is 20.4. The van der Waals surface area contributed by atoms with Crippen LogP contribution in [0.2, 0.25) is 0 Å². The molecule has 1 aliphatic heterocycles. The number of pyridine rings is 1. The quantitative estimate of drug-likeness (QED) is 0.504. The van der Waals surface area contributed by atoms with Gasteiger partial charge in [-0.3, -0.25) is 9.78 Å². The molecule has 0 unspecified atom stereocenters. The molecule has 0 bridgehead atoms. The van der Waals surface area contributed by atoms with E-state index in [0.29, 0.717) is 38.2 Å². The van der Waals surface area contributed by atoms with Gasteiger partial charge in [-0.2, -0.15) is 0 Å². The number of aryl methyl sites for hydroxylation is 3. The number of piperidine rings is 1. The van der Waals surface area contributed by atoms with E-state index in [-0.39, 0.29) is 21.7 Å². The highest BCUT2D eigenvalue weighted by Gasteiger charge is 2.31. The predicted octanol–water partition coefficient (Wildman–Crippen LogP) is 4.77. The van der Waals surface area contributed by atoms with Crippen LogP contribution in [0.15, 0.2) is 52.4 Å². The van der Waals surface area contributed by atoms with Crippen molar-refractivity contribution in [3.05, 3.63) is 59.3 Å². The summed E-state index contributed by atoms with van der Waals surface area (Å²) in [5.74, 6) is -0.327. The molecule has 0 N–H and O–H groups in total. The summed E-state index contributed by atoms with van der Waals surface area (Å²) in [6, 6.07) is 11.1. The van der Waals surface area contributed by atoms with Crippen LogP contribution in [0.1, 0.15) is 36.5 Å². The molecule has 0 radical (unpaired) electrons. The number of rotatable bonds is 5. The zero-order valence-electron chi connectivity index (χ0n) is 19.6. The summed E-state index contributed by atoms with van der Waals surface area (Å²) in [5, 5.41) is 0.814. The van der Waals surface area contributed by atoms with Crippen molar-refractivity contribution < 1.29 is 17.9 Å². The molecule has 0 spiro atoms. The summed E-state index contributed by atoms with van der Waals surface area (Å²) in [4.78, 5) is 19.3. The molecular weight excluding hydrogens is 436 g/mol. The molecule has 4 rings (SSSR count). The zero-order chi connectivity index (χ0) is 23.8. The highest BCUT2D eigenvalue weighted by atomic mass is 32.2. The molecule has 1 saturated heterocycles. The molecule has 1 aliphatic rings. The van der Waals surface area contributed by atoms with Gasteiger partial charge in [0.2, 0.25) is 9.84 Å². The van der Waals surface area contributed by atoms with Crippen LogP contribution in [0.5, 0.6) is 0 Å². The third kappa shape index (κ3) is 4.47. The first-order chi connectivity index (χ1) is 15.7. The number of carbonyl (C=O) groups excluding carboxylic acids is 1. The van der Waals surface area contributed by atoms with Crippen molar-refractivity contribution in [1.82, 2.24) is 4.98 Å². The smallest absolute Gasteiger partial charge is 0.309 e. The number of ether oxygens (including phenoxy) is 1. The van der Waals surface area contributed by atoms with Crippen molar-refractivity contribution in [3.63, 3.8) is 0 Å². The highest BCUT2D eigenvalue weighted by molar-refractivity contribution is 7.91. The maximum absolute atomic E-state index is 13.8. The Bertz CT molecular complexity index is 1310. The fraction of sp³-hybridized carbons (Fsp3) is 0.385. The van der Waals surface area contributed by atoms with E-state index in [0.717, 1.165) is 27.6 Å². The van der Waals surface area contributed by atoms with Crippen molar-refractivity contribution in [2.45, 2.75) is 50.3 Å². The van der Waals surface area contributed by atoms with Gasteiger partial charge in [0, 0.05) is 24.7 Å². The highest BCUT2D eigenvalue weighted by Crippen LogP contribution is 2.38. The van der Waals surface area contributed by atoms with Gasteiger partial charge in [0.25, 0.3) is 0 Å². The average Bonchev–Trinajstić information content (AvgIpc) is 2.80. The van der Waals surface area contributed by atoms with E-state index in [1.807, 2.05) is 52.0 Å². The standard InChI is InChI=1S/C26H30N2O4S/c1-5-32-26(29)20-10-12-28(13-11-20)25-22-14-17(2)6-9-23(22)27-16-24(25)33(30,31)21-8-7-18(3)19(4)15-21/h6-9,14-16,20H,5,10-13H2,1-4H3. The van der Waals surface area contributed by atoms with Gasteiger partial charge in [0.15, 0.2) is 0 Å². The first-order valence-electron chi connectivity index (χ1n) is 11.4. The van der Waals surface area contributed by atoms with Crippen LogP contribution in [-0.2, 0) is 19.4 Å². The van der Waals surface area contributed by atoms with Gasteiger partial charge in [0.05, 0.1) is 28.6 Å². The second kappa shape index (κ2) is 9.14. The average molecular weight is 467 g/mol. The number of carbonyl (C=O) groups is 1. The lowest BCUT2D eigenvalue weighted by atomic mass is 9.96. The van der Waals surface area contributed by atoms with Crippen molar-refractivity contribution in [2.75, 3.05) is 24.6 Å². The maximum atomic E-state index is 13.8. The number of sulfone groups is 1. The summed E-state index contributed by atoms with van der Waals surface area (Å²) in [6.07, 6.45) is 2.73. The van der Waals surface area contributed by atoms with E-state index < -0.39 is 9.84 Å². The van der Waals surface area contributed by atoms with E-state index in [9.17, 15) is 13.2 Å². The van der Waals surface area contributed by atoms with E-state index in [2.05, 4.69) is 9.88 Å². The minimum absolute atomic E-state index is 0.157. The Labute approximate surface area is 195 Å². The summed E-state index contributed by atoms with van der Waals surface area (Å²) >= 11 is 0. The second-order valence-corrected chi connectivity index (χ2v) is 10.7. The Hall–Kier alpha value is -2.93. The lowest BCUT2D eigenvalue weighted by molar-refractivity contribution is -0.148. The van der Waals surface area contributed by atoms with E-state index in [1.54, 1.807) is 12.1 Å². The Morgan fingerprint density at radius 2 is 1.79 bits per heavy atom. The molecule has 3 aromatic rings. The van der Waals surface area contributed by atoms with Crippen LogP contribution in [0.25, 0.3) is 10.9 Å². The van der Waals surface area contributed by atoms with Crippen molar-refractivity contribution >= 4 is 32.4 Å². The summed E-state index contributed by atoms with van der Waals surface area (Å²) in [5.41, 5.74) is 4.43. The van der Waals surface area contributed by atoms with Crippen LogP contribution in [-0.4, -0.2) is 39.1 Å². The SMILES string of the molecule is CCOC(=O)C1CCN(c2c(S(=O)(=O)c3ccc(C)c(C)c3)cnc3ccc(C)cc23)CC1. The van der Waals surface area contributed by atoms with Crippen molar-refractivity contribution in [3.8, 4) is 0 Å². The number of hydrogen-bond donors (Lipinski definition) is 0. The van der Waals surface area contributed by atoms with E-state index in [1.165, 1.54) is 6.20 Å². The summed E-state index contributed by atoms with van der Waals surface area (Å²) < 4.78 is 32.8. The fourth-order valence-corrected chi connectivity index (χ4v) is 5.92. The van der Waals surface area contributed by atoms with Crippen molar-refractivity contribution in [1.29, 1.82) is 0 Å². The lowest BCUT2D eigenvalue weighted by Gasteiger charge is -2.34. The van der Waals surface area contributed by atoms with Gasteiger partial charge < -0.3 is 9.64 Å². The number of nitrogens with zero attached hydrogens (tertiary/aromatic N) is 2. The molecule has 6 nitrogen and oxygen atoms in total. The van der Waals surface area contributed by atoms with Gasteiger partial charge >= 0.3 is 5.97 Å². The van der Waals surface area contributed by atoms with Crippen molar-refractivity contribution in [2.24, 2.45) is 5.92 Å². The molecule has 174 valence electrons. The molecule has 0 saturated carbocycles. The number of hydrogen-bond acceptors (Lipinski definition) is 6. The monoisotopic (exact) mass is 466 g/mol. The third-order valence-electron chi connectivity index (χ3n) is 6.47. The molecule has 0 aliphatic carbocycles. The van der Waals surface area contributed by atoms with Gasteiger partial charge in [-0.25, -0.2) is 8.42 Å². The Morgan fingerprint density at radius 1 is 1.06 bits per heavy atom. The Kier molecular flexibility index (Phi) is 6.43. The Balaban J connectivity index is 1.82. The largest absolute Gasteiger partial charge is 0.466 e. The van der Waals surface area contributed by atoms with Crippen LogP contribution < -0.4 is 4.90 Å². The fourth-order valence-electron chi connectivity index (χ4n) is 4.40. The molecule has 0 atom stereocenters.